The number of hydrogen-bond acceptors (Lipinski definition) is 0. The summed E-state index contributed by atoms with van der Waals surface area (Å²) in [6.45, 7) is 0. The van der Waals surface area contributed by atoms with E-state index in [2.05, 4.69) is 12.1 Å². The SMILES string of the molecule is ClCc1ccc(-c2c(CCl)cc(CCl)cc2CCl)cc1. The van der Waals surface area contributed by atoms with Crippen molar-refractivity contribution < 1.29 is 0 Å². The Morgan fingerprint density at radius 2 is 1.10 bits per heavy atom. The fourth-order valence-electron chi connectivity index (χ4n) is 2.26. The Morgan fingerprint density at radius 3 is 1.50 bits per heavy atom. The molecule has 106 valence electrons. The van der Waals surface area contributed by atoms with Crippen molar-refractivity contribution in [1.82, 2.24) is 0 Å². The molecule has 4 heteroatoms. The highest BCUT2D eigenvalue weighted by molar-refractivity contribution is 6.19. The molecule has 0 unspecified atom stereocenters. The number of rotatable bonds is 5. The van der Waals surface area contributed by atoms with E-state index in [9.17, 15) is 0 Å². The summed E-state index contributed by atoms with van der Waals surface area (Å²) in [6, 6.07) is 12.2. The van der Waals surface area contributed by atoms with Crippen LogP contribution in [0.2, 0.25) is 0 Å². The van der Waals surface area contributed by atoms with Gasteiger partial charge in [-0.3, -0.25) is 0 Å². The van der Waals surface area contributed by atoms with Gasteiger partial charge in [-0.25, -0.2) is 0 Å². The first-order valence-corrected chi connectivity index (χ1v) is 8.35. The molecule has 0 bridgehead atoms. The first-order chi connectivity index (χ1) is 9.73. The third-order valence-corrected chi connectivity index (χ3v) is 4.39. The summed E-state index contributed by atoms with van der Waals surface area (Å²) in [4.78, 5) is 0. The summed E-state index contributed by atoms with van der Waals surface area (Å²) in [6.07, 6.45) is 0. The molecule has 0 nitrogen and oxygen atoms in total. The maximum Gasteiger partial charge on any atom is 0.0480 e. The minimum atomic E-state index is 0.432. The van der Waals surface area contributed by atoms with Gasteiger partial charge in [0, 0.05) is 23.5 Å². The molecule has 0 saturated heterocycles. The van der Waals surface area contributed by atoms with Crippen LogP contribution in [-0.2, 0) is 23.5 Å². The van der Waals surface area contributed by atoms with E-state index in [0.717, 1.165) is 33.4 Å². The summed E-state index contributed by atoms with van der Waals surface area (Å²) in [5, 5.41) is 0. The van der Waals surface area contributed by atoms with Crippen molar-refractivity contribution in [3.63, 3.8) is 0 Å². The average Bonchev–Trinajstić information content (AvgIpc) is 2.53. The molecule has 2 aromatic carbocycles. The van der Waals surface area contributed by atoms with Crippen LogP contribution in [0.4, 0.5) is 0 Å². The molecule has 0 spiro atoms. The molecule has 0 N–H and O–H groups in total. The smallest absolute Gasteiger partial charge is 0.0480 e. The molecule has 0 radical (unpaired) electrons. The van der Waals surface area contributed by atoms with Gasteiger partial charge in [-0.05, 0) is 33.4 Å². The van der Waals surface area contributed by atoms with E-state index in [4.69, 9.17) is 46.4 Å². The lowest BCUT2D eigenvalue weighted by atomic mass is 9.93. The summed E-state index contributed by atoms with van der Waals surface area (Å²) in [5.74, 6) is 1.83. The molecular weight excluding hydrogens is 334 g/mol. The van der Waals surface area contributed by atoms with Gasteiger partial charge in [0.15, 0.2) is 0 Å². The lowest BCUT2D eigenvalue weighted by molar-refractivity contribution is 1.25. The molecule has 0 heterocycles. The quantitative estimate of drug-likeness (QED) is 0.556. The van der Waals surface area contributed by atoms with Gasteiger partial charge in [0.25, 0.3) is 0 Å². The van der Waals surface area contributed by atoms with Gasteiger partial charge < -0.3 is 0 Å². The van der Waals surface area contributed by atoms with Gasteiger partial charge in [-0.2, -0.15) is 0 Å². The summed E-state index contributed by atoms with van der Waals surface area (Å²) in [7, 11) is 0. The summed E-state index contributed by atoms with van der Waals surface area (Å²) >= 11 is 23.9. The Morgan fingerprint density at radius 1 is 0.600 bits per heavy atom. The van der Waals surface area contributed by atoms with Crippen molar-refractivity contribution in [2.24, 2.45) is 0 Å². The largest absolute Gasteiger partial charge is 0.122 e. The minimum absolute atomic E-state index is 0.432. The molecule has 0 aliphatic rings. The molecule has 0 amide bonds. The van der Waals surface area contributed by atoms with E-state index < -0.39 is 0 Å². The molecule has 0 aromatic heterocycles. The van der Waals surface area contributed by atoms with Crippen molar-refractivity contribution >= 4 is 46.4 Å². The van der Waals surface area contributed by atoms with Crippen LogP contribution >= 0.6 is 46.4 Å². The molecule has 2 aromatic rings. The highest BCUT2D eigenvalue weighted by atomic mass is 35.5. The van der Waals surface area contributed by atoms with Crippen LogP contribution < -0.4 is 0 Å². The van der Waals surface area contributed by atoms with Crippen LogP contribution in [0.3, 0.4) is 0 Å². The Bertz CT molecular complexity index is 551. The first-order valence-electron chi connectivity index (χ1n) is 6.21. The van der Waals surface area contributed by atoms with Crippen molar-refractivity contribution in [1.29, 1.82) is 0 Å². The van der Waals surface area contributed by atoms with Gasteiger partial charge in [0.05, 0.1) is 0 Å². The van der Waals surface area contributed by atoms with E-state index in [1.807, 2.05) is 24.3 Å². The minimum Gasteiger partial charge on any atom is -0.122 e. The third-order valence-electron chi connectivity index (χ3n) is 3.20. The van der Waals surface area contributed by atoms with Crippen LogP contribution in [0.15, 0.2) is 36.4 Å². The van der Waals surface area contributed by atoms with Gasteiger partial charge in [0.1, 0.15) is 0 Å². The number of halogens is 4. The predicted octanol–water partition coefficient (Wildman–Crippen LogP) is 6.31. The van der Waals surface area contributed by atoms with Gasteiger partial charge >= 0.3 is 0 Å². The Balaban J connectivity index is 2.57. The van der Waals surface area contributed by atoms with Crippen LogP contribution in [0.1, 0.15) is 22.3 Å². The Kier molecular flexibility index (Phi) is 6.04. The molecule has 2 rings (SSSR count). The highest BCUT2D eigenvalue weighted by Crippen LogP contribution is 2.32. The normalized spacial score (nSPS) is 10.8. The topological polar surface area (TPSA) is 0 Å². The molecule has 0 atom stereocenters. The lowest BCUT2D eigenvalue weighted by Gasteiger charge is -2.15. The van der Waals surface area contributed by atoms with Crippen molar-refractivity contribution in [3.8, 4) is 11.1 Å². The first kappa shape index (κ1) is 16.0. The van der Waals surface area contributed by atoms with Crippen molar-refractivity contribution in [3.05, 3.63) is 58.7 Å². The zero-order chi connectivity index (χ0) is 14.5. The zero-order valence-electron chi connectivity index (χ0n) is 10.8. The summed E-state index contributed by atoms with van der Waals surface area (Å²) < 4.78 is 0. The maximum atomic E-state index is 6.09. The zero-order valence-corrected chi connectivity index (χ0v) is 13.8. The average molecular weight is 348 g/mol. The van der Waals surface area contributed by atoms with Gasteiger partial charge in [0.2, 0.25) is 0 Å². The Labute approximate surface area is 139 Å². The van der Waals surface area contributed by atoms with Crippen LogP contribution in [0.25, 0.3) is 11.1 Å². The molecule has 20 heavy (non-hydrogen) atoms. The molecule has 0 aliphatic carbocycles. The number of benzene rings is 2. The van der Waals surface area contributed by atoms with Crippen molar-refractivity contribution in [2.45, 2.75) is 23.5 Å². The molecule has 0 saturated carbocycles. The van der Waals surface area contributed by atoms with E-state index in [0.29, 0.717) is 23.5 Å². The molecule has 0 fully saturated rings. The number of alkyl halides is 4. The van der Waals surface area contributed by atoms with Crippen LogP contribution in [0.5, 0.6) is 0 Å². The summed E-state index contributed by atoms with van der Waals surface area (Å²) in [5.41, 5.74) is 6.45. The second kappa shape index (κ2) is 7.56. The van der Waals surface area contributed by atoms with Gasteiger partial charge in [-0.15, -0.1) is 46.4 Å². The van der Waals surface area contributed by atoms with Crippen LogP contribution in [-0.4, -0.2) is 0 Å². The van der Waals surface area contributed by atoms with E-state index in [-0.39, 0.29) is 0 Å². The van der Waals surface area contributed by atoms with E-state index in [1.165, 1.54) is 0 Å². The fraction of sp³-hybridized carbons (Fsp3) is 0.250. The second-order valence-electron chi connectivity index (χ2n) is 4.52. The third kappa shape index (κ3) is 3.43. The van der Waals surface area contributed by atoms with Crippen molar-refractivity contribution in [2.75, 3.05) is 0 Å². The lowest BCUT2D eigenvalue weighted by Crippen LogP contribution is -1.96. The van der Waals surface area contributed by atoms with E-state index in [1.54, 1.807) is 0 Å². The Hall–Kier alpha value is -0.400. The maximum absolute atomic E-state index is 6.09. The van der Waals surface area contributed by atoms with E-state index >= 15 is 0 Å². The van der Waals surface area contributed by atoms with Crippen LogP contribution in [0, 0.1) is 0 Å². The number of hydrogen-bond donors (Lipinski definition) is 0. The standard InChI is InChI=1S/C16H14Cl4/c17-7-11-1-3-13(4-2-11)16-14(9-19)5-12(8-18)6-15(16)10-20/h1-6H,7-10H2. The molecular formula is C16H14Cl4. The fourth-order valence-corrected chi connectivity index (χ4v) is 3.01. The second-order valence-corrected chi connectivity index (χ2v) is 5.59. The predicted molar refractivity (Wildman–Crippen MR) is 90.1 cm³/mol. The molecule has 0 aliphatic heterocycles. The van der Waals surface area contributed by atoms with Gasteiger partial charge in [-0.1, -0.05) is 36.4 Å². The highest BCUT2D eigenvalue weighted by Gasteiger charge is 2.12. The monoisotopic (exact) mass is 346 g/mol.